The number of halogens is 1. The molecule has 1 heterocycles. The maximum absolute atomic E-state index is 13.9. The van der Waals surface area contributed by atoms with Crippen molar-refractivity contribution < 1.29 is 24.5 Å². The summed E-state index contributed by atoms with van der Waals surface area (Å²) in [5.74, 6) is -1.52. The topological polar surface area (TPSA) is 120 Å². The number of carboxylic acids is 1. The molecule has 0 radical (unpaired) electrons. The second-order valence-corrected chi connectivity index (χ2v) is 9.97. The summed E-state index contributed by atoms with van der Waals surface area (Å²) >= 11 is 0. The molecule has 3 N–H and O–H groups in total. The largest absolute Gasteiger partial charge is 0.481 e. The van der Waals surface area contributed by atoms with Gasteiger partial charge in [-0.2, -0.15) is 0 Å². The second-order valence-electron chi connectivity index (χ2n) is 9.97. The fourth-order valence-corrected chi connectivity index (χ4v) is 5.04. The summed E-state index contributed by atoms with van der Waals surface area (Å²) in [4.78, 5) is 27.3. The molecule has 2 atom stereocenters. The molecule has 0 fully saturated rings. The zero-order valence-electron chi connectivity index (χ0n) is 21.4. The number of nitrogens with zero attached hydrogens (tertiary/aromatic N) is 2. The minimum Gasteiger partial charge on any atom is -0.481 e. The minimum absolute atomic E-state index is 0.0204. The van der Waals surface area contributed by atoms with E-state index >= 15 is 0 Å². The van der Waals surface area contributed by atoms with Gasteiger partial charge in [-0.05, 0) is 76.9 Å². The first-order chi connectivity index (χ1) is 18.2. The number of carboxylic acid groups (broad SMARTS) is 1. The first-order valence-electron chi connectivity index (χ1n) is 12.7. The van der Waals surface area contributed by atoms with Crippen LogP contribution in [0, 0.1) is 10.7 Å². The number of aromatic nitrogens is 1. The summed E-state index contributed by atoms with van der Waals surface area (Å²) in [5, 5.41) is 32.5. The molecule has 3 aromatic rings. The fraction of sp³-hybridized carbons (Fsp3) is 0.333. The van der Waals surface area contributed by atoms with E-state index in [0.717, 1.165) is 57.6 Å². The third-order valence-electron chi connectivity index (χ3n) is 6.78. The van der Waals surface area contributed by atoms with E-state index in [9.17, 15) is 24.3 Å². The smallest absolute Gasteiger partial charge is 0.305 e. The fourth-order valence-electron chi connectivity index (χ4n) is 5.04. The Labute approximate surface area is 220 Å². The number of rotatable bonds is 9. The number of aliphatic hydroxyl groups excluding tert-OH is 2. The van der Waals surface area contributed by atoms with Crippen LogP contribution in [0.3, 0.4) is 0 Å². The Morgan fingerprint density at radius 1 is 1.13 bits per heavy atom. The molecule has 0 spiro atoms. The third-order valence-corrected chi connectivity index (χ3v) is 6.78. The van der Waals surface area contributed by atoms with Gasteiger partial charge in [0.1, 0.15) is 11.5 Å². The van der Waals surface area contributed by atoms with Gasteiger partial charge in [0.05, 0.1) is 30.0 Å². The molecule has 7 nitrogen and oxygen atoms in total. The van der Waals surface area contributed by atoms with E-state index in [1.165, 1.54) is 18.2 Å². The van der Waals surface area contributed by atoms with Gasteiger partial charge in [-0.15, -0.1) is 4.91 Å². The van der Waals surface area contributed by atoms with Crippen LogP contribution in [-0.2, 0) is 17.6 Å². The molecule has 1 aliphatic rings. The Hall–Kier alpha value is -3.75. The van der Waals surface area contributed by atoms with Crippen molar-refractivity contribution in [1.29, 1.82) is 0 Å². The lowest BCUT2D eigenvalue weighted by atomic mass is 9.86. The summed E-state index contributed by atoms with van der Waals surface area (Å²) in [7, 11) is 0. The number of benzene rings is 2. The van der Waals surface area contributed by atoms with Crippen molar-refractivity contribution in [1.82, 2.24) is 4.98 Å². The van der Waals surface area contributed by atoms with Crippen LogP contribution in [0.2, 0.25) is 0 Å². The van der Waals surface area contributed by atoms with E-state index < -0.39 is 24.6 Å². The number of hydrogen-bond acceptors (Lipinski definition) is 6. The van der Waals surface area contributed by atoms with Crippen molar-refractivity contribution in [3.05, 3.63) is 81.6 Å². The summed E-state index contributed by atoms with van der Waals surface area (Å²) in [6.45, 7) is 4.02. The molecular formula is C30H31FN2O5. The monoisotopic (exact) mass is 518 g/mol. The van der Waals surface area contributed by atoms with E-state index in [1.54, 1.807) is 30.3 Å². The SMILES string of the molecule is CC(C)c1nc2c(c(-c3ccc(F)cc3)c1/C=C/[C@@H](O)C[C@@H](O)CC(=O)O)CCCc1ccc(N=O)cc1-2. The molecule has 1 aliphatic carbocycles. The molecule has 0 saturated carbocycles. The number of carbonyl (C=O) groups is 1. The van der Waals surface area contributed by atoms with Crippen LogP contribution in [-0.4, -0.2) is 38.5 Å². The summed E-state index contributed by atoms with van der Waals surface area (Å²) in [6, 6.07) is 11.6. The molecule has 0 unspecified atom stereocenters. The number of aliphatic hydroxyl groups is 2. The van der Waals surface area contributed by atoms with Gasteiger partial charge in [-0.25, -0.2) is 4.39 Å². The minimum atomic E-state index is -1.18. The summed E-state index contributed by atoms with van der Waals surface area (Å²) in [6.07, 6.45) is 2.79. The predicted octanol–water partition coefficient (Wildman–Crippen LogP) is 6.16. The lowest BCUT2D eigenvalue weighted by Gasteiger charge is -2.22. The normalized spacial score (nSPS) is 14.6. The number of nitroso groups, excluding NO2 is 1. The van der Waals surface area contributed by atoms with Crippen LogP contribution in [0.15, 0.2) is 53.7 Å². The average molecular weight is 519 g/mol. The summed E-state index contributed by atoms with van der Waals surface area (Å²) < 4.78 is 13.9. The molecule has 1 aromatic heterocycles. The van der Waals surface area contributed by atoms with Gasteiger partial charge in [0.2, 0.25) is 0 Å². The van der Waals surface area contributed by atoms with E-state index in [1.807, 2.05) is 19.9 Å². The maximum atomic E-state index is 13.9. The van der Waals surface area contributed by atoms with Crippen molar-refractivity contribution in [3.63, 3.8) is 0 Å². The molecule has 0 aliphatic heterocycles. The first kappa shape index (κ1) is 27.3. The van der Waals surface area contributed by atoms with Gasteiger partial charge >= 0.3 is 5.97 Å². The molecule has 8 heteroatoms. The van der Waals surface area contributed by atoms with Gasteiger partial charge in [0.25, 0.3) is 0 Å². The second kappa shape index (κ2) is 11.8. The standard InChI is InChI=1S/C30H31FN2O5/c1-17(2)29-25(13-12-22(34)15-23(35)16-27(36)37)28(19-6-9-20(31)10-7-19)24-5-3-4-18-8-11-21(33-38)14-26(18)30(24)32-29/h6-14,17,22-23,34-35H,3-5,15-16H2,1-2H3,(H,36,37)/b13-12+/t22-,23-/m1/s1. The van der Waals surface area contributed by atoms with Crippen molar-refractivity contribution in [2.45, 2.75) is 64.1 Å². The molecule has 2 aromatic carbocycles. The van der Waals surface area contributed by atoms with Gasteiger partial charge < -0.3 is 15.3 Å². The van der Waals surface area contributed by atoms with Gasteiger partial charge in [-0.3, -0.25) is 9.78 Å². The zero-order valence-corrected chi connectivity index (χ0v) is 21.4. The zero-order chi connectivity index (χ0) is 27.4. The van der Waals surface area contributed by atoms with Gasteiger partial charge in [0, 0.05) is 17.5 Å². The molecule has 0 bridgehead atoms. The molecule has 0 saturated heterocycles. The van der Waals surface area contributed by atoms with E-state index in [4.69, 9.17) is 10.1 Å². The predicted molar refractivity (Wildman–Crippen MR) is 145 cm³/mol. The number of pyridine rings is 1. The highest BCUT2D eigenvalue weighted by Crippen LogP contribution is 2.42. The Balaban J connectivity index is 1.93. The van der Waals surface area contributed by atoms with E-state index in [-0.39, 0.29) is 18.2 Å². The summed E-state index contributed by atoms with van der Waals surface area (Å²) in [5.41, 5.74) is 7.16. The van der Waals surface area contributed by atoms with Gasteiger partial charge in [0.15, 0.2) is 0 Å². The molecule has 0 amide bonds. The number of aryl methyl sites for hydroxylation is 1. The van der Waals surface area contributed by atoms with Crippen LogP contribution in [0.25, 0.3) is 28.5 Å². The quantitative estimate of drug-likeness (QED) is 0.292. The van der Waals surface area contributed by atoms with Crippen LogP contribution < -0.4 is 0 Å². The van der Waals surface area contributed by atoms with Crippen LogP contribution in [0.4, 0.5) is 10.1 Å². The van der Waals surface area contributed by atoms with Crippen molar-refractivity contribution in [3.8, 4) is 22.4 Å². The number of hydrogen-bond donors (Lipinski definition) is 3. The highest BCUT2D eigenvalue weighted by atomic mass is 19.1. The average Bonchev–Trinajstić information content (AvgIpc) is 3.05. The van der Waals surface area contributed by atoms with Crippen molar-refractivity contribution in [2.75, 3.05) is 0 Å². The number of fused-ring (bicyclic) bond motifs is 3. The Bertz CT molecular complexity index is 1370. The Morgan fingerprint density at radius 3 is 2.53 bits per heavy atom. The lowest BCUT2D eigenvalue weighted by Crippen LogP contribution is -2.19. The van der Waals surface area contributed by atoms with E-state index in [2.05, 4.69) is 5.18 Å². The van der Waals surface area contributed by atoms with E-state index in [0.29, 0.717) is 12.1 Å². The highest BCUT2D eigenvalue weighted by molar-refractivity contribution is 5.86. The highest BCUT2D eigenvalue weighted by Gasteiger charge is 2.25. The number of aliphatic carboxylic acids is 1. The van der Waals surface area contributed by atoms with Gasteiger partial charge in [-0.1, -0.05) is 44.2 Å². The molecular weight excluding hydrogens is 487 g/mol. The van der Waals surface area contributed by atoms with Crippen molar-refractivity contribution >= 4 is 17.7 Å². The molecule has 198 valence electrons. The molecule has 38 heavy (non-hydrogen) atoms. The third kappa shape index (κ3) is 6.03. The maximum Gasteiger partial charge on any atom is 0.305 e. The van der Waals surface area contributed by atoms with Crippen LogP contribution >= 0.6 is 0 Å². The van der Waals surface area contributed by atoms with Crippen LogP contribution in [0.1, 0.15) is 61.4 Å². The lowest BCUT2D eigenvalue weighted by molar-refractivity contribution is -0.139. The Morgan fingerprint density at radius 2 is 1.87 bits per heavy atom. The molecule has 4 rings (SSSR count). The van der Waals surface area contributed by atoms with Crippen LogP contribution in [0.5, 0.6) is 0 Å². The van der Waals surface area contributed by atoms with Crippen molar-refractivity contribution in [2.24, 2.45) is 5.18 Å². The Kier molecular flexibility index (Phi) is 8.44. The first-order valence-corrected chi connectivity index (χ1v) is 12.7.